The lowest BCUT2D eigenvalue weighted by Crippen LogP contribution is -2.35. The van der Waals surface area contributed by atoms with Crippen molar-refractivity contribution in [1.29, 1.82) is 0 Å². The van der Waals surface area contributed by atoms with Crippen LogP contribution in [0.2, 0.25) is 5.02 Å². The molecule has 0 spiro atoms. The first-order chi connectivity index (χ1) is 13.5. The van der Waals surface area contributed by atoms with Crippen molar-refractivity contribution in [3.05, 3.63) is 53.2 Å². The molecule has 0 bridgehead atoms. The first-order valence-electron chi connectivity index (χ1n) is 8.60. The number of amides is 1. The number of methoxy groups -OCH3 is 2. The standard InChI is InChI=1S/C20H21ClN2O5/c1-26-17-4-3-5-18(27-2)19(17)28-11-14(24)10-22-20(25)16-9-12-8-13(21)6-7-15(12)23-16/h3-9,14,23-24H,10-11H2,1-2H3,(H,22,25). The van der Waals surface area contributed by atoms with Gasteiger partial charge in [0.15, 0.2) is 11.5 Å². The predicted octanol–water partition coefficient (Wildman–Crippen LogP) is 3.01. The maximum absolute atomic E-state index is 12.3. The number of hydrogen-bond acceptors (Lipinski definition) is 5. The van der Waals surface area contributed by atoms with Gasteiger partial charge in [-0.25, -0.2) is 0 Å². The zero-order valence-corrected chi connectivity index (χ0v) is 16.2. The Morgan fingerprint density at radius 1 is 1.18 bits per heavy atom. The van der Waals surface area contributed by atoms with Crippen LogP contribution in [0.15, 0.2) is 42.5 Å². The van der Waals surface area contributed by atoms with E-state index >= 15 is 0 Å². The van der Waals surface area contributed by atoms with Crippen molar-refractivity contribution < 1.29 is 24.1 Å². The zero-order valence-electron chi connectivity index (χ0n) is 15.5. The number of benzene rings is 2. The summed E-state index contributed by atoms with van der Waals surface area (Å²) >= 11 is 5.96. The molecular formula is C20H21ClN2O5. The topological polar surface area (TPSA) is 92.8 Å². The second kappa shape index (κ2) is 8.86. The molecule has 0 aliphatic rings. The number of nitrogens with one attached hydrogen (secondary N) is 2. The third-order valence-electron chi connectivity index (χ3n) is 4.13. The largest absolute Gasteiger partial charge is 0.493 e. The molecule has 3 N–H and O–H groups in total. The number of H-pyrrole nitrogens is 1. The van der Waals surface area contributed by atoms with Gasteiger partial charge in [-0.05, 0) is 36.4 Å². The van der Waals surface area contributed by atoms with Crippen LogP contribution < -0.4 is 19.5 Å². The van der Waals surface area contributed by atoms with E-state index < -0.39 is 6.10 Å². The smallest absolute Gasteiger partial charge is 0.267 e. The van der Waals surface area contributed by atoms with E-state index in [0.717, 1.165) is 10.9 Å². The van der Waals surface area contributed by atoms with Gasteiger partial charge in [-0.1, -0.05) is 17.7 Å². The highest BCUT2D eigenvalue weighted by molar-refractivity contribution is 6.31. The van der Waals surface area contributed by atoms with Crippen LogP contribution >= 0.6 is 11.6 Å². The lowest BCUT2D eigenvalue weighted by Gasteiger charge is -2.17. The summed E-state index contributed by atoms with van der Waals surface area (Å²) in [4.78, 5) is 15.3. The number of halogens is 1. The second-order valence-corrected chi connectivity index (χ2v) is 6.52. The van der Waals surface area contributed by atoms with Gasteiger partial charge in [0.1, 0.15) is 18.4 Å². The highest BCUT2D eigenvalue weighted by Crippen LogP contribution is 2.36. The summed E-state index contributed by atoms with van der Waals surface area (Å²) in [5.74, 6) is 1.05. The number of rotatable bonds is 8. The molecule has 148 valence electrons. The van der Waals surface area contributed by atoms with Crippen LogP contribution in [0.1, 0.15) is 10.5 Å². The molecule has 0 radical (unpaired) electrons. The Bertz CT molecular complexity index is 950. The predicted molar refractivity (Wildman–Crippen MR) is 107 cm³/mol. The highest BCUT2D eigenvalue weighted by Gasteiger charge is 2.15. The molecule has 0 aliphatic carbocycles. The van der Waals surface area contributed by atoms with E-state index in [2.05, 4.69) is 10.3 Å². The molecule has 1 aromatic heterocycles. The Morgan fingerprint density at radius 3 is 2.57 bits per heavy atom. The molecule has 2 aromatic carbocycles. The SMILES string of the molecule is COc1cccc(OC)c1OCC(O)CNC(=O)c1cc2cc(Cl)ccc2[nH]1. The van der Waals surface area contributed by atoms with Gasteiger partial charge in [0.05, 0.1) is 14.2 Å². The summed E-state index contributed by atoms with van der Waals surface area (Å²) in [6, 6.07) is 12.3. The number of carbonyl (C=O) groups excluding carboxylic acids is 1. The third kappa shape index (κ3) is 4.49. The molecule has 7 nitrogen and oxygen atoms in total. The molecule has 1 unspecified atom stereocenters. The minimum absolute atomic E-state index is 0.0203. The average Bonchev–Trinajstić information content (AvgIpc) is 3.13. The van der Waals surface area contributed by atoms with E-state index in [-0.39, 0.29) is 19.1 Å². The van der Waals surface area contributed by atoms with E-state index in [9.17, 15) is 9.90 Å². The van der Waals surface area contributed by atoms with Crippen molar-refractivity contribution in [2.24, 2.45) is 0 Å². The number of ether oxygens (including phenoxy) is 3. The minimum atomic E-state index is -0.919. The fourth-order valence-electron chi connectivity index (χ4n) is 2.73. The van der Waals surface area contributed by atoms with E-state index in [0.29, 0.717) is 28.0 Å². The van der Waals surface area contributed by atoms with Crippen LogP contribution in [0.3, 0.4) is 0 Å². The molecule has 1 heterocycles. The molecule has 0 aliphatic heterocycles. The van der Waals surface area contributed by atoms with Gasteiger partial charge >= 0.3 is 0 Å². The summed E-state index contributed by atoms with van der Waals surface area (Å²) in [6.07, 6.45) is -0.919. The molecule has 0 saturated heterocycles. The summed E-state index contributed by atoms with van der Waals surface area (Å²) in [7, 11) is 3.04. The molecule has 1 amide bonds. The first kappa shape index (κ1) is 19.9. The molecular weight excluding hydrogens is 384 g/mol. The lowest BCUT2D eigenvalue weighted by atomic mass is 10.2. The Morgan fingerprint density at radius 2 is 1.89 bits per heavy atom. The van der Waals surface area contributed by atoms with Gasteiger partial charge in [0.2, 0.25) is 5.75 Å². The maximum Gasteiger partial charge on any atom is 0.267 e. The van der Waals surface area contributed by atoms with E-state index in [1.165, 1.54) is 14.2 Å². The first-order valence-corrected chi connectivity index (χ1v) is 8.98. The molecule has 28 heavy (non-hydrogen) atoms. The van der Waals surface area contributed by atoms with Crippen LogP contribution in [0, 0.1) is 0 Å². The number of aromatic amines is 1. The van der Waals surface area contributed by atoms with Gasteiger partial charge in [0.25, 0.3) is 5.91 Å². The second-order valence-electron chi connectivity index (χ2n) is 6.08. The van der Waals surface area contributed by atoms with E-state index in [1.54, 1.807) is 42.5 Å². The number of aromatic nitrogens is 1. The van der Waals surface area contributed by atoms with Gasteiger partial charge < -0.3 is 29.6 Å². The fraction of sp³-hybridized carbons (Fsp3) is 0.250. The van der Waals surface area contributed by atoms with Crippen molar-refractivity contribution >= 4 is 28.4 Å². The normalized spacial score (nSPS) is 11.9. The molecule has 8 heteroatoms. The van der Waals surface area contributed by atoms with Crippen molar-refractivity contribution in [3.63, 3.8) is 0 Å². The number of carbonyl (C=O) groups is 1. The van der Waals surface area contributed by atoms with Gasteiger partial charge in [-0.15, -0.1) is 0 Å². The fourth-order valence-corrected chi connectivity index (χ4v) is 2.91. The Balaban J connectivity index is 1.56. The highest BCUT2D eigenvalue weighted by atomic mass is 35.5. The third-order valence-corrected chi connectivity index (χ3v) is 4.36. The quantitative estimate of drug-likeness (QED) is 0.536. The number of para-hydroxylation sites is 1. The number of aliphatic hydroxyl groups excluding tert-OH is 1. The Hall–Kier alpha value is -2.90. The van der Waals surface area contributed by atoms with E-state index in [1.807, 2.05) is 0 Å². The summed E-state index contributed by atoms with van der Waals surface area (Å²) < 4.78 is 16.1. The van der Waals surface area contributed by atoms with Crippen molar-refractivity contribution in [2.75, 3.05) is 27.4 Å². The maximum atomic E-state index is 12.3. The zero-order chi connectivity index (χ0) is 20.1. The van der Waals surface area contributed by atoms with Gasteiger partial charge in [-0.2, -0.15) is 0 Å². The average molecular weight is 405 g/mol. The molecule has 0 saturated carbocycles. The number of aliphatic hydroxyl groups is 1. The summed E-state index contributed by atoms with van der Waals surface area (Å²) in [5, 5.41) is 14.3. The molecule has 1 atom stereocenters. The Kier molecular flexibility index (Phi) is 6.28. The molecule has 3 aromatic rings. The van der Waals surface area contributed by atoms with Crippen LogP contribution in [0.4, 0.5) is 0 Å². The van der Waals surface area contributed by atoms with Crippen LogP contribution in [-0.2, 0) is 0 Å². The van der Waals surface area contributed by atoms with E-state index in [4.69, 9.17) is 25.8 Å². The van der Waals surface area contributed by atoms with Crippen molar-refractivity contribution in [2.45, 2.75) is 6.10 Å². The van der Waals surface area contributed by atoms with Crippen LogP contribution in [-0.4, -0.2) is 49.5 Å². The van der Waals surface area contributed by atoms with Crippen LogP contribution in [0.25, 0.3) is 10.9 Å². The minimum Gasteiger partial charge on any atom is -0.493 e. The molecule has 0 fully saturated rings. The van der Waals surface area contributed by atoms with Gasteiger partial charge in [-0.3, -0.25) is 4.79 Å². The lowest BCUT2D eigenvalue weighted by molar-refractivity contribution is 0.0830. The van der Waals surface area contributed by atoms with Gasteiger partial charge in [0, 0.05) is 22.5 Å². The van der Waals surface area contributed by atoms with Crippen LogP contribution in [0.5, 0.6) is 17.2 Å². The number of hydrogen-bond donors (Lipinski definition) is 3. The van der Waals surface area contributed by atoms with Crippen molar-refractivity contribution in [1.82, 2.24) is 10.3 Å². The summed E-state index contributed by atoms with van der Waals surface area (Å²) in [5.41, 5.74) is 1.19. The Labute approximate surface area is 167 Å². The number of fused-ring (bicyclic) bond motifs is 1. The summed E-state index contributed by atoms with van der Waals surface area (Å²) in [6.45, 7) is -0.0221. The monoisotopic (exact) mass is 404 g/mol. The van der Waals surface area contributed by atoms with Crippen molar-refractivity contribution in [3.8, 4) is 17.2 Å². The molecule has 3 rings (SSSR count).